The highest BCUT2D eigenvalue weighted by atomic mass is 35.5. The van der Waals surface area contributed by atoms with Crippen molar-refractivity contribution in [3.63, 3.8) is 0 Å². The maximum absolute atomic E-state index is 12.3. The Kier molecular flexibility index (Phi) is 9.53. The lowest BCUT2D eigenvalue weighted by molar-refractivity contribution is 0.121. The highest BCUT2D eigenvalue weighted by molar-refractivity contribution is 6.31. The third-order valence-electron chi connectivity index (χ3n) is 3.56. The summed E-state index contributed by atoms with van der Waals surface area (Å²) in [5, 5.41) is 4.35. The van der Waals surface area contributed by atoms with Crippen molar-refractivity contribution in [2.24, 2.45) is 0 Å². The van der Waals surface area contributed by atoms with Crippen LogP contribution < -0.4 is 10.3 Å². The van der Waals surface area contributed by atoms with Crippen molar-refractivity contribution < 1.29 is 9.47 Å². The van der Waals surface area contributed by atoms with Crippen LogP contribution in [-0.2, 0) is 23.5 Å². The first kappa shape index (κ1) is 23.2. The van der Waals surface area contributed by atoms with Gasteiger partial charge in [-0.2, -0.15) is 5.10 Å². The molecule has 5 nitrogen and oxygen atoms in total. The molecule has 0 aliphatic heterocycles. The molecule has 0 N–H and O–H groups in total. The van der Waals surface area contributed by atoms with E-state index < -0.39 is 5.54 Å². The molecule has 1 heterocycles. The smallest absolute Gasteiger partial charge is 0.286 e. The Hall–Kier alpha value is -1.85. The molecule has 0 spiro atoms. The van der Waals surface area contributed by atoms with Gasteiger partial charge in [-0.15, -0.1) is 0 Å². The Morgan fingerprint density at radius 2 is 1.74 bits per heavy atom. The summed E-state index contributed by atoms with van der Waals surface area (Å²) in [6, 6.07) is 7.68. The van der Waals surface area contributed by atoms with Crippen LogP contribution in [0.15, 0.2) is 35.3 Å². The monoisotopic (exact) mass is 394 g/mol. The highest BCUT2D eigenvalue weighted by Gasteiger charge is 2.19. The molecule has 6 heteroatoms. The fraction of sp³-hybridized carbons (Fsp3) is 0.524. The average molecular weight is 395 g/mol. The maximum Gasteiger partial charge on any atom is 0.286 e. The number of nitrogens with zero attached hydrogens (tertiary/aromatic N) is 2. The molecule has 0 radical (unpaired) electrons. The van der Waals surface area contributed by atoms with Crippen LogP contribution >= 0.6 is 11.6 Å². The van der Waals surface area contributed by atoms with E-state index in [0.29, 0.717) is 17.9 Å². The molecule has 1 aromatic carbocycles. The van der Waals surface area contributed by atoms with E-state index in [9.17, 15) is 4.79 Å². The van der Waals surface area contributed by atoms with E-state index in [2.05, 4.69) is 12.0 Å². The van der Waals surface area contributed by atoms with Gasteiger partial charge in [0.1, 0.15) is 17.4 Å². The molecular weight excluding hydrogens is 364 g/mol. The molecule has 0 saturated heterocycles. The summed E-state index contributed by atoms with van der Waals surface area (Å²) in [4.78, 5) is 12.3. The van der Waals surface area contributed by atoms with Gasteiger partial charge < -0.3 is 9.47 Å². The minimum absolute atomic E-state index is 0.148. The second kappa shape index (κ2) is 11.1. The molecule has 0 bridgehead atoms. The van der Waals surface area contributed by atoms with Crippen molar-refractivity contribution in [2.45, 2.75) is 66.7 Å². The van der Waals surface area contributed by atoms with E-state index in [4.69, 9.17) is 21.1 Å². The van der Waals surface area contributed by atoms with Gasteiger partial charge in [0.05, 0.1) is 18.3 Å². The summed E-state index contributed by atoms with van der Waals surface area (Å²) in [5.74, 6) is 0.704. The zero-order chi connectivity index (χ0) is 20.4. The van der Waals surface area contributed by atoms with Crippen molar-refractivity contribution in [3.05, 3.63) is 57.0 Å². The number of hydrogen-bond donors (Lipinski definition) is 0. The highest BCUT2D eigenvalue weighted by Crippen LogP contribution is 2.18. The fourth-order valence-corrected chi connectivity index (χ4v) is 2.41. The second-order valence-corrected chi connectivity index (χ2v) is 7.23. The maximum atomic E-state index is 12.3. The molecule has 0 unspecified atom stereocenters. The van der Waals surface area contributed by atoms with Gasteiger partial charge >= 0.3 is 0 Å². The number of halogens is 1. The van der Waals surface area contributed by atoms with Crippen LogP contribution in [0.25, 0.3) is 0 Å². The second-order valence-electron chi connectivity index (χ2n) is 6.86. The first-order valence-electron chi connectivity index (χ1n) is 9.39. The molecular formula is C21H31ClN2O3. The molecule has 27 heavy (non-hydrogen) atoms. The third-order valence-corrected chi connectivity index (χ3v) is 3.97. The van der Waals surface area contributed by atoms with Crippen molar-refractivity contribution in [1.29, 1.82) is 0 Å². The summed E-state index contributed by atoms with van der Waals surface area (Å²) in [7, 11) is 0. The normalized spacial score (nSPS) is 10.9. The number of hydrogen-bond acceptors (Lipinski definition) is 4. The van der Waals surface area contributed by atoms with E-state index >= 15 is 0 Å². The van der Waals surface area contributed by atoms with Crippen LogP contribution in [0, 0.1) is 0 Å². The molecule has 1 aromatic heterocycles. The molecule has 0 saturated carbocycles. The Morgan fingerprint density at radius 3 is 2.30 bits per heavy atom. The van der Waals surface area contributed by atoms with Gasteiger partial charge in [0, 0.05) is 12.2 Å². The van der Waals surface area contributed by atoms with Gasteiger partial charge in [-0.05, 0) is 44.9 Å². The first-order valence-corrected chi connectivity index (χ1v) is 9.77. The largest absolute Gasteiger partial charge is 0.489 e. The lowest BCUT2D eigenvalue weighted by Gasteiger charge is -2.21. The lowest BCUT2D eigenvalue weighted by Crippen LogP contribution is -2.36. The van der Waals surface area contributed by atoms with Crippen LogP contribution in [0.5, 0.6) is 5.75 Å². The zero-order valence-corrected chi connectivity index (χ0v) is 18.0. The van der Waals surface area contributed by atoms with Crippen LogP contribution in [0.3, 0.4) is 0 Å². The van der Waals surface area contributed by atoms with Gasteiger partial charge in [-0.25, -0.2) is 4.68 Å². The summed E-state index contributed by atoms with van der Waals surface area (Å²) < 4.78 is 12.6. The van der Waals surface area contributed by atoms with E-state index in [0.717, 1.165) is 18.6 Å². The van der Waals surface area contributed by atoms with Crippen molar-refractivity contribution in [2.75, 3.05) is 6.61 Å². The van der Waals surface area contributed by atoms with Crippen LogP contribution in [0.2, 0.25) is 5.02 Å². The van der Waals surface area contributed by atoms with E-state index in [1.165, 1.54) is 4.68 Å². The van der Waals surface area contributed by atoms with E-state index in [1.807, 2.05) is 58.9 Å². The van der Waals surface area contributed by atoms with Crippen LogP contribution in [0.4, 0.5) is 0 Å². The molecule has 150 valence electrons. The number of aromatic nitrogens is 2. The number of benzene rings is 1. The fourth-order valence-electron chi connectivity index (χ4n) is 2.22. The van der Waals surface area contributed by atoms with Crippen molar-refractivity contribution >= 4 is 11.6 Å². The van der Waals surface area contributed by atoms with Crippen molar-refractivity contribution in [3.8, 4) is 5.75 Å². The van der Waals surface area contributed by atoms with Gasteiger partial charge in [0.2, 0.25) is 0 Å². The predicted octanol–water partition coefficient (Wildman–Crippen LogP) is 5.18. The minimum Gasteiger partial charge on any atom is -0.489 e. The van der Waals surface area contributed by atoms with Crippen molar-refractivity contribution in [1.82, 2.24) is 9.78 Å². The molecule has 0 atom stereocenters. The first-order chi connectivity index (χ1) is 12.8. The molecule has 2 aromatic rings. The Bertz CT molecular complexity index is 750. The number of ether oxygens (including phenoxy) is 2. The van der Waals surface area contributed by atoms with Crippen LogP contribution in [0.1, 0.15) is 59.1 Å². The summed E-state index contributed by atoms with van der Waals surface area (Å²) in [6.07, 6.45) is 2.59. The Balaban J connectivity index is 0.00000176. The van der Waals surface area contributed by atoms with Gasteiger partial charge in [-0.3, -0.25) is 4.79 Å². The average Bonchev–Trinajstić information content (AvgIpc) is 2.65. The molecule has 2 rings (SSSR count). The summed E-state index contributed by atoms with van der Waals surface area (Å²) in [5.41, 5.74) is 0.935. The van der Waals surface area contributed by atoms with E-state index in [1.54, 1.807) is 6.20 Å². The molecule has 0 amide bonds. The molecule has 0 aliphatic carbocycles. The van der Waals surface area contributed by atoms with Gasteiger partial charge in [-0.1, -0.05) is 44.5 Å². The Morgan fingerprint density at radius 1 is 1.11 bits per heavy atom. The van der Waals surface area contributed by atoms with Gasteiger partial charge in [0.25, 0.3) is 5.56 Å². The molecule has 0 fully saturated rings. The van der Waals surface area contributed by atoms with E-state index in [-0.39, 0.29) is 17.2 Å². The quantitative estimate of drug-likeness (QED) is 0.607. The minimum atomic E-state index is -0.421. The number of rotatable bonds is 7. The Labute approximate surface area is 167 Å². The summed E-state index contributed by atoms with van der Waals surface area (Å²) >= 11 is 6.20. The standard InChI is InChI=1S/C19H25ClN2O3.C2H6/c1-5-10-24-12-14-6-8-16(9-7-14)25-13-15-11-21-22(19(2,3)4)18(23)17(15)20;1-2/h6-9,11H,5,10,12-13H2,1-4H3;1-2H3. The van der Waals surface area contributed by atoms with Crippen LogP contribution in [-0.4, -0.2) is 16.4 Å². The molecule has 0 aliphatic rings. The third kappa shape index (κ3) is 7.00. The predicted molar refractivity (Wildman–Crippen MR) is 111 cm³/mol. The lowest BCUT2D eigenvalue weighted by atomic mass is 10.1. The SMILES string of the molecule is CC.CCCOCc1ccc(OCc2cnn(C(C)(C)C)c(=O)c2Cl)cc1. The summed E-state index contributed by atoms with van der Waals surface area (Å²) in [6.45, 7) is 13.3. The topological polar surface area (TPSA) is 53.4 Å². The zero-order valence-electron chi connectivity index (χ0n) is 17.2. The van der Waals surface area contributed by atoms with Gasteiger partial charge in [0.15, 0.2) is 0 Å².